The van der Waals surface area contributed by atoms with Crippen LogP contribution in [0, 0.1) is 5.41 Å². The number of likely N-dealkylation sites (N-methyl/N-ethyl adjacent to an activating group) is 1. The molecule has 224 valence electrons. The van der Waals surface area contributed by atoms with Crippen molar-refractivity contribution in [2.24, 2.45) is 5.41 Å². The summed E-state index contributed by atoms with van der Waals surface area (Å²) in [6, 6.07) is 16.9. The number of amides is 3. The molecule has 2 N–H and O–H groups in total. The number of rotatable bonds is 11. The summed E-state index contributed by atoms with van der Waals surface area (Å²) in [6.45, 7) is 7.20. The van der Waals surface area contributed by atoms with Crippen molar-refractivity contribution in [2.75, 3.05) is 14.2 Å². The average molecular weight is 576 g/mol. The van der Waals surface area contributed by atoms with Crippen molar-refractivity contribution in [3.63, 3.8) is 0 Å². The van der Waals surface area contributed by atoms with Crippen molar-refractivity contribution in [2.45, 2.75) is 65.1 Å². The van der Waals surface area contributed by atoms with E-state index in [1.807, 2.05) is 67.6 Å². The van der Waals surface area contributed by atoms with Crippen LogP contribution in [0.3, 0.4) is 0 Å². The lowest BCUT2D eigenvalue weighted by atomic mass is 9.94. The molecule has 0 aliphatic heterocycles. The van der Waals surface area contributed by atoms with Gasteiger partial charge in [-0.1, -0.05) is 81.4 Å². The first-order chi connectivity index (χ1) is 19.9. The summed E-state index contributed by atoms with van der Waals surface area (Å²) in [4.78, 5) is 58.1. The van der Waals surface area contributed by atoms with Crippen LogP contribution in [0.1, 0.15) is 44.5 Å². The molecule has 0 radical (unpaired) electrons. The number of imidazole rings is 1. The molecule has 3 amide bonds. The van der Waals surface area contributed by atoms with Crippen LogP contribution in [0.5, 0.6) is 0 Å². The van der Waals surface area contributed by atoms with Gasteiger partial charge in [0, 0.05) is 44.0 Å². The van der Waals surface area contributed by atoms with Crippen LogP contribution in [0.2, 0.25) is 0 Å². The molecule has 2 aromatic carbocycles. The molecule has 0 aliphatic carbocycles. The number of benzene rings is 2. The number of methoxy groups -OCH3 is 1. The standard InChI is InChI=1S/C32H41N5O5/c1-22(17-25-20-37(21-33-25)31(41)42-6)34-28(38)27(19-24-15-11-8-12-16-24)36(5)29(39)26(35-30(40)32(2,3)4)18-23-13-9-7-10-14-23/h7-16,20-22,26-27H,17-19H2,1-6H3,(H,34,38)(H,35,40)/t22-,26+,27+/m1/s1. The zero-order valence-electron chi connectivity index (χ0n) is 25.2. The minimum Gasteiger partial charge on any atom is -0.452 e. The number of hydrogen-bond acceptors (Lipinski definition) is 6. The van der Waals surface area contributed by atoms with Gasteiger partial charge in [0.05, 0.1) is 12.8 Å². The highest BCUT2D eigenvalue weighted by Crippen LogP contribution is 2.17. The largest absolute Gasteiger partial charge is 0.452 e. The van der Waals surface area contributed by atoms with Crippen LogP contribution in [-0.4, -0.2) is 70.5 Å². The van der Waals surface area contributed by atoms with E-state index in [0.29, 0.717) is 12.1 Å². The van der Waals surface area contributed by atoms with Crippen LogP contribution in [-0.2, 0) is 38.4 Å². The molecule has 3 aromatic rings. The van der Waals surface area contributed by atoms with E-state index in [1.165, 1.54) is 22.9 Å². The molecule has 0 unspecified atom stereocenters. The summed E-state index contributed by atoms with van der Waals surface area (Å²) < 4.78 is 5.94. The lowest BCUT2D eigenvalue weighted by Crippen LogP contribution is -2.57. The molecular formula is C32H41N5O5. The van der Waals surface area contributed by atoms with Gasteiger partial charge < -0.3 is 20.3 Å². The van der Waals surface area contributed by atoms with Crippen molar-refractivity contribution < 1.29 is 23.9 Å². The van der Waals surface area contributed by atoms with Crippen molar-refractivity contribution in [3.8, 4) is 0 Å². The molecule has 3 atom stereocenters. The van der Waals surface area contributed by atoms with Gasteiger partial charge in [-0.15, -0.1) is 0 Å². The number of nitrogens with zero attached hydrogens (tertiary/aromatic N) is 3. The molecule has 0 bridgehead atoms. The third-order valence-corrected chi connectivity index (χ3v) is 6.88. The van der Waals surface area contributed by atoms with E-state index in [-0.39, 0.29) is 36.6 Å². The second-order valence-electron chi connectivity index (χ2n) is 11.5. The molecule has 1 aromatic heterocycles. The maximum atomic E-state index is 14.0. The third kappa shape index (κ3) is 9.02. The summed E-state index contributed by atoms with van der Waals surface area (Å²) >= 11 is 0. The molecule has 0 saturated carbocycles. The molecular weight excluding hydrogens is 534 g/mol. The Labute approximate surface area is 247 Å². The van der Waals surface area contributed by atoms with Crippen molar-refractivity contribution >= 4 is 23.8 Å². The van der Waals surface area contributed by atoms with Crippen LogP contribution >= 0.6 is 0 Å². The predicted octanol–water partition coefficient (Wildman–Crippen LogP) is 3.39. The molecule has 1 heterocycles. The maximum absolute atomic E-state index is 14.0. The van der Waals surface area contributed by atoms with E-state index in [4.69, 9.17) is 4.74 Å². The molecule has 0 aliphatic rings. The lowest BCUT2D eigenvalue weighted by molar-refractivity contribution is -0.143. The van der Waals surface area contributed by atoms with Gasteiger partial charge in [-0.2, -0.15) is 0 Å². The quantitative estimate of drug-likeness (QED) is 0.362. The monoisotopic (exact) mass is 575 g/mol. The molecule has 0 spiro atoms. The Kier molecular flexibility index (Phi) is 11.0. The smallest absolute Gasteiger partial charge is 0.418 e. The van der Waals surface area contributed by atoms with Crippen molar-refractivity contribution in [3.05, 3.63) is 90.0 Å². The Morgan fingerprint density at radius 2 is 1.48 bits per heavy atom. The number of aromatic nitrogens is 2. The first kappa shape index (κ1) is 32.0. The van der Waals surface area contributed by atoms with Crippen molar-refractivity contribution in [1.82, 2.24) is 25.1 Å². The first-order valence-electron chi connectivity index (χ1n) is 14.0. The van der Waals surface area contributed by atoms with Crippen LogP contribution in [0.15, 0.2) is 73.2 Å². The molecule has 10 heteroatoms. The fourth-order valence-electron chi connectivity index (χ4n) is 4.44. The van der Waals surface area contributed by atoms with Crippen molar-refractivity contribution in [1.29, 1.82) is 0 Å². The van der Waals surface area contributed by atoms with E-state index in [2.05, 4.69) is 15.6 Å². The van der Waals surface area contributed by atoms with Crippen LogP contribution < -0.4 is 10.6 Å². The molecule has 42 heavy (non-hydrogen) atoms. The van der Waals surface area contributed by atoms with E-state index in [9.17, 15) is 19.2 Å². The number of ether oxygens (including phenoxy) is 1. The van der Waals surface area contributed by atoms with Gasteiger partial charge >= 0.3 is 6.09 Å². The fraction of sp³-hybridized carbons (Fsp3) is 0.406. The second kappa shape index (κ2) is 14.4. The SMILES string of the molecule is COC(=O)n1cnc(C[C@@H](C)NC(=O)[C@H](Cc2ccccc2)N(C)C(=O)[C@H](Cc2ccccc2)NC(=O)C(C)(C)C)c1. The zero-order valence-corrected chi connectivity index (χ0v) is 25.2. The van der Waals surface area contributed by atoms with Gasteiger partial charge in [0.1, 0.15) is 18.4 Å². The Bertz CT molecular complexity index is 1350. The minimum atomic E-state index is -0.866. The van der Waals surface area contributed by atoms with E-state index in [0.717, 1.165) is 11.1 Å². The molecule has 3 rings (SSSR count). The normalized spacial score (nSPS) is 13.4. The highest BCUT2D eigenvalue weighted by atomic mass is 16.5. The number of carbonyl (C=O) groups is 4. The first-order valence-corrected chi connectivity index (χ1v) is 14.0. The number of carbonyl (C=O) groups excluding carboxylic acids is 4. The Balaban J connectivity index is 1.83. The van der Waals surface area contributed by atoms with Gasteiger partial charge in [-0.05, 0) is 18.1 Å². The van der Waals surface area contributed by atoms with Crippen LogP contribution in [0.4, 0.5) is 4.79 Å². The Morgan fingerprint density at radius 1 is 0.905 bits per heavy atom. The van der Waals surface area contributed by atoms with E-state index < -0.39 is 23.6 Å². The highest BCUT2D eigenvalue weighted by Gasteiger charge is 2.34. The summed E-state index contributed by atoms with van der Waals surface area (Å²) in [5.74, 6) is -0.957. The van der Waals surface area contributed by atoms with Gasteiger partial charge in [-0.3, -0.25) is 14.4 Å². The van der Waals surface area contributed by atoms with Gasteiger partial charge in [-0.25, -0.2) is 14.3 Å². The number of nitrogens with one attached hydrogen (secondary N) is 2. The summed E-state index contributed by atoms with van der Waals surface area (Å²) in [7, 11) is 2.88. The van der Waals surface area contributed by atoms with E-state index >= 15 is 0 Å². The highest BCUT2D eigenvalue weighted by molar-refractivity contribution is 5.93. The lowest BCUT2D eigenvalue weighted by Gasteiger charge is -2.33. The van der Waals surface area contributed by atoms with E-state index in [1.54, 1.807) is 34.0 Å². The zero-order chi connectivity index (χ0) is 30.9. The summed E-state index contributed by atoms with van der Waals surface area (Å²) in [5, 5.41) is 5.93. The third-order valence-electron chi connectivity index (χ3n) is 6.88. The van der Waals surface area contributed by atoms with Gasteiger partial charge in [0.2, 0.25) is 17.7 Å². The summed E-state index contributed by atoms with van der Waals surface area (Å²) in [5.41, 5.74) is 1.68. The predicted molar refractivity (Wildman–Crippen MR) is 160 cm³/mol. The minimum absolute atomic E-state index is 0.255. The topological polar surface area (TPSA) is 123 Å². The number of hydrogen-bond donors (Lipinski definition) is 2. The Morgan fingerprint density at radius 3 is 2.02 bits per heavy atom. The second-order valence-corrected chi connectivity index (χ2v) is 11.5. The average Bonchev–Trinajstić information content (AvgIpc) is 3.43. The van der Waals surface area contributed by atoms with Crippen LogP contribution in [0.25, 0.3) is 0 Å². The molecule has 0 fully saturated rings. The van der Waals surface area contributed by atoms with Gasteiger partial charge in [0.25, 0.3) is 0 Å². The maximum Gasteiger partial charge on any atom is 0.418 e. The fourth-order valence-corrected chi connectivity index (χ4v) is 4.44. The Hall–Kier alpha value is -4.47. The molecule has 0 saturated heterocycles. The van der Waals surface area contributed by atoms with Gasteiger partial charge in [0.15, 0.2) is 0 Å². The summed E-state index contributed by atoms with van der Waals surface area (Å²) in [6.07, 6.45) is 3.28. The molecule has 10 nitrogen and oxygen atoms in total.